The van der Waals surface area contributed by atoms with Crippen LogP contribution in [0.5, 0.6) is 0 Å². The smallest absolute Gasteiger partial charge is 0.182 e. The summed E-state index contributed by atoms with van der Waals surface area (Å²) in [5.74, 6) is 1.80. The molecule has 5 nitrogen and oxygen atoms in total. The highest BCUT2D eigenvalue weighted by Crippen LogP contribution is 2.19. The number of ether oxygens (including phenoxy) is 1. The van der Waals surface area contributed by atoms with Gasteiger partial charge in [-0.2, -0.15) is 0 Å². The zero-order chi connectivity index (χ0) is 14.5. The van der Waals surface area contributed by atoms with Crippen LogP contribution in [0.15, 0.2) is 66.5 Å². The minimum atomic E-state index is 0.181. The molecule has 3 rings (SSSR count). The minimum absolute atomic E-state index is 0.181. The molecule has 0 bridgehead atoms. The van der Waals surface area contributed by atoms with Gasteiger partial charge in [-0.3, -0.25) is 0 Å². The maximum absolute atomic E-state index is 5.31. The second-order valence-corrected chi connectivity index (χ2v) is 4.73. The van der Waals surface area contributed by atoms with Gasteiger partial charge >= 0.3 is 0 Å². The van der Waals surface area contributed by atoms with Gasteiger partial charge in [0.25, 0.3) is 0 Å². The number of benzene rings is 1. The lowest BCUT2D eigenvalue weighted by Gasteiger charge is -2.10. The number of rotatable bonds is 4. The van der Waals surface area contributed by atoms with Crippen LogP contribution in [-0.2, 0) is 11.3 Å². The molecular formula is C16H16N4O. The first-order valence-electron chi connectivity index (χ1n) is 6.79. The fourth-order valence-electron chi connectivity index (χ4n) is 2.25. The van der Waals surface area contributed by atoms with Crippen LogP contribution >= 0.6 is 0 Å². The van der Waals surface area contributed by atoms with Gasteiger partial charge in [0.1, 0.15) is 5.76 Å². The van der Waals surface area contributed by atoms with Crippen molar-refractivity contribution >= 4 is 0 Å². The van der Waals surface area contributed by atoms with Gasteiger partial charge < -0.3 is 4.74 Å². The molecule has 1 aromatic heterocycles. The van der Waals surface area contributed by atoms with E-state index in [1.165, 1.54) is 0 Å². The van der Waals surface area contributed by atoms with E-state index in [2.05, 4.69) is 27.7 Å². The number of allylic oxidation sites excluding steroid dienone is 5. The summed E-state index contributed by atoms with van der Waals surface area (Å²) in [7, 11) is 1.67. The molecule has 21 heavy (non-hydrogen) atoms. The van der Waals surface area contributed by atoms with E-state index in [9.17, 15) is 0 Å². The molecule has 0 N–H and O–H groups in total. The van der Waals surface area contributed by atoms with Crippen molar-refractivity contribution in [2.24, 2.45) is 5.92 Å². The zero-order valence-corrected chi connectivity index (χ0v) is 11.8. The molecule has 0 unspecified atom stereocenters. The summed E-state index contributed by atoms with van der Waals surface area (Å²) in [5.41, 5.74) is 1.01. The molecule has 0 saturated carbocycles. The minimum Gasteiger partial charge on any atom is -0.497 e. The van der Waals surface area contributed by atoms with E-state index < -0.39 is 0 Å². The Balaban J connectivity index is 1.85. The van der Waals surface area contributed by atoms with Gasteiger partial charge in [-0.1, -0.05) is 48.6 Å². The topological polar surface area (TPSA) is 52.8 Å². The van der Waals surface area contributed by atoms with Crippen molar-refractivity contribution in [2.75, 3.05) is 7.11 Å². The van der Waals surface area contributed by atoms with E-state index in [0.29, 0.717) is 6.54 Å². The highest BCUT2D eigenvalue weighted by Gasteiger charge is 2.13. The number of nitrogens with zero attached hydrogens (tertiary/aromatic N) is 4. The summed E-state index contributed by atoms with van der Waals surface area (Å²) < 4.78 is 7.13. The quantitative estimate of drug-likeness (QED) is 0.864. The van der Waals surface area contributed by atoms with Crippen molar-refractivity contribution < 1.29 is 4.74 Å². The zero-order valence-electron chi connectivity index (χ0n) is 11.8. The van der Waals surface area contributed by atoms with Gasteiger partial charge in [-0.15, -0.1) is 5.10 Å². The number of aromatic nitrogens is 4. The Bertz CT molecular complexity index is 685. The Morgan fingerprint density at radius 3 is 2.86 bits per heavy atom. The summed E-state index contributed by atoms with van der Waals surface area (Å²) in [6.07, 6.45) is 10.1. The van der Waals surface area contributed by atoms with Gasteiger partial charge in [0.2, 0.25) is 0 Å². The van der Waals surface area contributed by atoms with E-state index in [-0.39, 0.29) is 5.92 Å². The summed E-state index contributed by atoms with van der Waals surface area (Å²) >= 11 is 0. The SMILES string of the molecule is COC1=C[C@@H](Cn2nnnc2-c2ccccc2)C=CC=C1. The first-order chi connectivity index (χ1) is 10.4. The molecular weight excluding hydrogens is 264 g/mol. The van der Waals surface area contributed by atoms with Gasteiger partial charge in [-0.05, 0) is 22.6 Å². The van der Waals surface area contributed by atoms with E-state index in [4.69, 9.17) is 4.74 Å². The molecule has 1 aromatic carbocycles. The highest BCUT2D eigenvalue weighted by atomic mass is 16.5. The van der Waals surface area contributed by atoms with Crippen LogP contribution in [0.25, 0.3) is 11.4 Å². The van der Waals surface area contributed by atoms with Crippen LogP contribution in [0.2, 0.25) is 0 Å². The van der Waals surface area contributed by atoms with Gasteiger partial charge in [0.15, 0.2) is 5.82 Å². The number of hydrogen-bond donors (Lipinski definition) is 0. The van der Waals surface area contributed by atoms with Gasteiger partial charge in [0.05, 0.1) is 13.7 Å². The maximum atomic E-state index is 5.31. The van der Waals surface area contributed by atoms with Crippen molar-refractivity contribution in [1.82, 2.24) is 20.2 Å². The normalized spacial score (nSPS) is 17.4. The van der Waals surface area contributed by atoms with Crippen molar-refractivity contribution in [3.8, 4) is 11.4 Å². The van der Waals surface area contributed by atoms with E-state index in [0.717, 1.165) is 17.1 Å². The molecule has 2 aromatic rings. The third-order valence-electron chi connectivity index (χ3n) is 3.29. The number of methoxy groups -OCH3 is 1. The average molecular weight is 280 g/mol. The highest BCUT2D eigenvalue weighted by molar-refractivity contribution is 5.53. The monoisotopic (exact) mass is 280 g/mol. The van der Waals surface area contributed by atoms with Crippen molar-refractivity contribution in [1.29, 1.82) is 0 Å². The van der Waals surface area contributed by atoms with Crippen LogP contribution in [0.1, 0.15) is 0 Å². The lowest BCUT2D eigenvalue weighted by Crippen LogP contribution is -2.10. The molecule has 1 aliphatic carbocycles. The van der Waals surface area contributed by atoms with E-state index >= 15 is 0 Å². The molecule has 0 aliphatic heterocycles. The first-order valence-corrected chi connectivity index (χ1v) is 6.79. The third kappa shape index (κ3) is 3.08. The van der Waals surface area contributed by atoms with Crippen LogP contribution in [0.4, 0.5) is 0 Å². The van der Waals surface area contributed by atoms with E-state index in [1.54, 1.807) is 7.11 Å². The maximum Gasteiger partial charge on any atom is 0.182 e. The molecule has 1 aliphatic rings. The molecule has 106 valence electrons. The Kier molecular flexibility index (Phi) is 3.91. The van der Waals surface area contributed by atoms with Crippen LogP contribution < -0.4 is 0 Å². The molecule has 0 fully saturated rings. The van der Waals surface area contributed by atoms with Gasteiger partial charge in [0, 0.05) is 11.5 Å². The summed E-state index contributed by atoms with van der Waals surface area (Å²) in [6.45, 7) is 0.669. The van der Waals surface area contributed by atoms with Crippen molar-refractivity contribution in [3.63, 3.8) is 0 Å². The number of hydrogen-bond acceptors (Lipinski definition) is 4. The van der Waals surface area contributed by atoms with Crippen molar-refractivity contribution in [3.05, 3.63) is 66.5 Å². The molecule has 0 saturated heterocycles. The third-order valence-corrected chi connectivity index (χ3v) is 3.29. The standard InChI is InChI=1S/C16H16N4O/c1-21-15-10-6-5-7-13(11-15)12-20-16(17-18-19-20)14-8-3-2-4-9-14/h2-11,13H,12H2,1H3/t13-/m0/s1. The second-order valence-electron chi connectivity index (χ2n) is 4.73. The average Bonchev–Trinajstić information content (AvgIpc) is 2.86. The van der Waals surface area contributed by atoms with Crippen LogP contribution in [0.3, 0.4) is 0 Å². The Morgan fingerprint density at radius 1 is 1.19 bits per heavy atom. The van der Waals surface area contributed by atoms with Crippen molar-refractivity contribution in [2.45, 2.75) is 6.54 Å². The molecule has 0 amide bonds. The summed E-state index contributed by atoms with van der Waals surface area (Å²) in [6, 6.07) is 9.94. The molecule has 1 heterocycles. The Labute approximate surface area is 123 Å². The second kappa shape index (κ2) is 6.17. The molecule has 1 atom stereocenters. The summed E-state index contributed by atoms with van der Waals surface area (Å²) in [5, 5.41) is 12.0. The largest absolute Gasteiger partial charge is 0.497 e. The number of tetrazole rings is 1. The Hall–Kier alpha value is -2.69. The molecule has 0 radical (unpaired) electrons. The lowest BCUT2D eigenvalue weighted by molar-refractivity contribution is 0.302. The predicted molar refractivity (Wildman–Crippen MR) is 80.1 cm³/mol. The van der Waals surface area contributed by atoms with Crippen LogP contribution in [0, 0.1) is 5.92 Å². The van der Waals surface area contributed by atoms with Crippen LogP contribution in [-0.4, -0.2) is 27.3 Å². The summed E-state index contributed by atoms with van der Waals surface area (Å²) in [4.78, 5) is 0. The van der Waals surface area contributed by atoms with Gasteiger partial charge in [-0.25, -0.2) is 4.68 Å². The lowest BCUT2D eigenvalue weighted by atomic mass is 10.1. The predicted octanol–water partition coefficient (Wildman–Crippen LogP) is 2.61. The fraction of sp³-hybridized carbons (Fsp3) is 0.188. The fourth-order valence-corrected chi connectivity index (χ4v) is 2.25. The molecule has 5 heteroatoms. The Morgan fingerprint density at radius 2 is 2.05 bits per heavy atom. The molecule has 0 spiro atoms. The van der Waals surface area contributed by atoms with E-state index in [1.807, 2.05) is 53.2 Å². The first kappa shape index (κ1) is 13.3.